The molecule has 0 aromatic heterocycles. The van der Waals surface area contributed by atoms with E-state index in [0.29, 0.717) is 5.75 Å². The van der Waals surface area contributed by atoms with Crippen molar-refractivity contribution in [3.8, 4) is 0 Å². The van der Waals surface area contributed by atoms with Crippen LogP contribution < -0.4 is 0 Å². The van der Waals surface area contributed by atoms with Crippen molar-refractivity contribution in [1.82, 2.24) is 0 Å². The van der Waals surface area contributed by atoms with Crippen LogP contribution in [0.25, 0.3) is 0 Å². The lowest BCUT2D eigenvalue weighted by molar-refractivity contribution is -0.309. The van der Waals surface area contributed by atoms with Crippen LogP contribution in [0, 0.1) is 0 Å². The molecule has 0 amide bonds. The Bertz CT molecular complexity index is 3210. The Hall–Kier alpha value is -8.94. The van der Waals surface area contributed by atoms with E-state index in [2.05, 4.69) is 0 Å². The van der Waals surface area contributed by atoms with Crippen LogP contribution in [0.4, 0.5) is 0 Å². The first-order valence-corrected chi connectivity index (χ1v) is 26.9. The summed E-state index contributed by atoms with van der Waals surface area (Å²) in [5.74, 6) is -5.76. The second kappa shape index (κ2) is 27.8. The van der Waals surface area contributed by atoms with Crippen LogP contribution in [0.2, 0.25) is 0 Å². The first-order valence-electron chi connectivity index (χ1n) is 25.9. The molecule has 9 rings (SSSR count). The van der Waals surface area contributed by atoms with E-state index in [9.17, 15) is 33.6 Å². The van der Waals surface area contributed by atoms with E-state index in [0.717, 1.165) is 0 Å². The summed E-state index contributed by atoms with van der Waals surface area (Å²) >= 11 is 1.19. The fraction of sp³-hybridized carbons (Fsp3) is 0.222. The van der Waals surface area contributed by atoms with Gasteiger partial charge in [-0.3, -0.25) is 0 Å². The van der Waals surface area contributed by atoms with Gasteiger partial charge >= 0.3 is 41.8 Å². The third-order valence-electron chi connectivity index (χ3n) is 12.8. The lowest BCUT2D eigenvalue weighted by Gasteiger charge is -2.46. The van der Waals surface area contributed by atoms with Crippen LogP contribution in [0.3, 0.4) is 0 Å². The van der Waals surface area contributed by atoms with Gasteiger partial charge in [0, 0.05) is 0 Å². The largest absolute Gasteiger partial charge is 0.459 e. The Balaban J connectivity index is 1.14. The van der Waals surface area contributed by atoms with Gasteiger partial charge in [0.05, 0.1) is 45.6 Å². The van der Waals surface area contributed by atoms with Crippen molar-refractivity contribution < 1.29 is 80.9 Å². The molecule has 81 heavy (non-hydrogen) atoms. The Morgan fingerprint density at radius 3 is 0.938 bits per heavy atom. The zero-order chi connectivity index (χ0) is 56.5. The van der Waals surface area contributed by atoms with Gasteiger partial charge in [0.15, 0.2) is 42.9 Å². The Morgan fingerprint density at radius 1 is 0.333 bits per heavy atom. The van der Waals surface area contributed by atoms with Crippen LogP contribution in [0.1, 0.15) is 79.4 Å². The van der Waals surface area contributed by atoms with Gasteiger partial charge in [-0.2, -0.15) is 0 Å². The highest BCUT2D eigenvalue weighted by Crippen LogP contribution is 2.37. The van der Waals surface area contributed by atoms with Crippen LogP contribution in [-0.4, -0.2) is 121 Å². The molecular weight excluding hydrogens is 1060 g/mol. The number of esters is 7. The summed E-state index contributed by atoms with van der Waals surface area (Å²) in [5, 5.41) is 0. The third-order valence-corrected chi connectivity index (χ3v) is 13.9. The number of hydrogen-bond acceptors (Lipinski definition) is 18. The van der Waals surface area contributed by atoms with E-state index in [-0.39, 0.29) is 38.9 Å². The minimum atomic E-state index is -1.83. The predicted molar refractivity (Wildman–Crippen MR) is 292 cm³/mol. The number of rotatable bonds is 20. The van der Waals surface area contributed by atoms with Crippen LogP contribution in [-0.2, 0) is 47.4 Å². The zero-order valence-electron chi connectivity index (χ0n) is 43.5. The minimum absolute atomic E-state index is 0.0585. The van der Waals surface area contributed by atoms with Gasteiger partial charge in [0.1, 0.15) is 24.3 Å². The molecule has 2 fully saturated rings. The van der Waals surface area contributed by atoms with E-state index in [1.165, 1.54) is 84.6 Å². The number of ether oxygens (including phenoxy) is 10. The normalized spacial score (nSPS) is 22.1. The molecule has 2 saturated heterocycles. The Morgan fingerprint density at radius 2 is 0.605 bits per heavy atom. The molecule has 0 bridgehead atoms. The maximum absolute atomic E-state index is 14.4. The van der Waals surface area contributed by atoms with Crippen molar-refractivity contribution >= 4 is 53.5 Å². The Kier molecular flexibility index (Phi) is 19.5. The van der Waals surface area contributed by atoms with Crippen molar-refractivity contribution in [2.45, 2.75) is 67.5 Å². The van der Waals surface area contributed by atoms with Gasteiger partial charge in [-0.05, 0) is 90.7 Å². The van der Waals surface area contributed by atoms with Gasteiger partial charge in [0.2, 0.25) is 0 Å². The summed E-state index contributed by atoms with van der Waals surface area (Å²) in [5.41, 5.74) is -0.378. The zero-order valence-corrected chi connectivity index (χ0v) is 44.3. The molecule has 2 heterocycles. The average molecular weight is 1120 g/mol. The molecule has 0 spiro atoms. The second-order valence-corrected chi connectivity index (χ2v) is 19.6. The summed E-state index contributed by atoms with van der Waals surface area (Å²) in [6.07, 6.45) is -14.8. The number of benzene rings is 7. The number of hydrogen-bond donors (Lipinski definition) is 0. The van der Waals surface area contributed by atoms with Gasteiger partial charge in [0.25, 0.3) is 0 Å². The van der Waals surface area contributed by atoms with Gasteiger partial charge in [-0.25, -0.2) is 33.6 Å². The molecule has 414 valence electrons. The highest BCUT2D eigenvalue weighted by atomic mass is 32.2. The molecule has 10 atom stereocenters. The van der Waals surface area contributed by atoms with Gasteiger partial charge in [-0.15, -0.1) is 11.8 Å². The van der Waals surface area contributed by atoms with Crippen molar-refractivity contribution in [1.29, 1.82) is 0 Å². The number of carbonyl (C=O) groups excluding carboxylic acids is 7. The van der Waals surface area contributed by atoms with E-state index >= 15 is 0 Å². The molecule has 7 aromatic rings. The van der Waals surface area contributed by atoms with Crippen LogP contribution >= 0.6 is 11.8 Å². The fourth-order valence-electron chi connectivity index (χ4n) is 8.86. The van der Waals surface area contributed by atoms with Crippen LogP contribution in [0.15, 0.2) is 212 Å². The van der Waals surface area contributed by atoms with E-state index in [4.69, 9.17) is 47.4 Å². The van der Waals surface area contributed by atoms with Crippen molar-refractivity contribution in [2.24, 2.45) is 0 Å². The van der Waals surface area contributed by atoms with E-state index < -0.39 is 116 Å². The average Bonchev–Trinajstić information content (AvgIpc) is 3.59. The van der Waals surface area contributed by atoms with Crippen molar-refractivity contribution in [2.75, 3.05) is 19.0 Å². The summed E-state index contributed by atoms with van der Waals surface area (Å²) in [4.78, 5) is 99.1. The van der Waals surface area contributed by atoms with Gasteiger partial charge < -0.3 is 47.4 Å². The summed E-state index contributed by atoms with van der Waals surface area (Å²) < 4.78 is 63.4. The maximum atomic E-state index is 14.4. The number of thioether (sulfide) groups is 1. The molecule has 0 saturated carbocycles. The molecule has 17 nitrogen and oxygen atoms in total. The molecule has 2 aliphatic rings. The molecule has 2 aliphatic heterocycles. The quantitative estimate of drug-likeness (QED) is 0.0514. The number of carbonyl (C=O) groups is 7. The SMILES string of the molecule is CCS[C@@H]1O[C@H](CO[C@@H]2O[C@H](COC(=O)c3ccccc3)[C@H](OC(=O)c3ccccc3)[C@H](OC(=O)c3ccccc3)[C@H]2OC(=O)c2ccccc2)[C@H](OC(=O)c2ccccc2)[C@H](OC(=O)c2ccccc2)[C@H]1OC(=O)c1ccccc1. The standard InChI is InChI=1S/C63H54O17S/c1-2-81-63-54(80-61(70)46-36-22-9-23-37-46)52(78-59(68)44-32-18-7-19-33-44)50(76-57(66)42-28-14-5-15-29-42)48(74-63)39-72-62-53(79-60(69)45-34-20-8-21-35-45)51(77-58(67)43-30-16-6-17-31-43)49(75-56(65)41-26-12-4-13-27-41)47(73-62)38-71-55(64)40-24-10-3-11-25-40/h3-37,47-54,62-63H,2,38-39H2,1H3/t47-,48-,49+,50+,51+,52+,53-,54-,62-,63+/m1/s1. The summed E-state index contributed by atoms with van der Waals surface area (Å²) in [7, 11) is 0. The smallest absolute Gasteiger partial charge is 0.338 e. The topological polar surface area (TPSA) is 212 Å². The fourth-order valence-corrected chi connectivity index (χ4v) is 9.81. The lowest BCUT2D eigenvalue weighted by Crippen LogP contribution is -2.64. The molecule has 7 aromatic carbocycles. The van der Waals surface area contributed by atoms with Crippen molar-refractivity contribution in [3.63, 3.8) is 0 Å². The van der Waals surface area contributed by atoms with E-state index in [1.54, 1.807) is 140 Å². The first-order chi connectivity index (χ1) is 39.5. The highest BCUT2D eigenvalue weighted by Gasteiger charge is 2.56. The first kappa shape index (κ1) is 56.8. The Labute approximate surface area is 470 Å². The molecule has 18 heteroatoms. The minimum Gasteiger partial charge on any atom is -0.459 e. The van der Waals surface area contributed by atoms with Crippen molar-refractivity contribution in [3.05, 3.63) is 251 Å². The predicted octanol–water partition coefficient (Wildman–Crippen LogP) is 9.42. The second-order valence-electron chi connectivity index (χ2n) is 18.3. The van der Waals surface area contributed by atoms with E-state index in [1.807, 2.05) is 6.92 Å². The lowest BCUT2D eigenvalue weighted by atomic mass is 9.97. The highest BCUT2D eigenvalue weighted by molar-refractivity contribution is 7.99. The molecule has 0 aliphatic carbocycles. The molecule has 0 radical (unpaired) electrons. The maximum Gasteiger partial charge on any atom is 0.338 e. The van der Waals surface area contributed by atoms with Gasteiger partial charge in [-0.1, -0.05) is 134 Å². The summed E-state index contributed by atoms with van der Waals surface area (Å²) in [6.45, 7) is 0.518. The molecule has 0 N–H and O–H groups in total. The molecular formula is C63H54O17S. The summed E-state index contributed by atoms with van der Waals surface area (Å²) in [6, 6.07) is 55.7. The monoisotopic (exact) mass is 1110 g/mol. The third kappa shape index (κ3) is 14.7. The van der Waals surface area contributed by atoms with Crippen LogP contribution in [0.5, 0.6) is 0 Å². The molecule has 0 unspecified atom stereocenters.